The van der Waals surface area contributed by atoms with Crippen LogP contribution in [0.5, 0.6) is 5.19 Å². The van der Waals surface area contributed by atoms with Crippen molar-refractivity contribution in [3.63, 3.8) is 0 Å². The second-order valence-electron chi connectivity index (χ2n) is 2.52. The number of thiazole rings is 1. The average Bonchev–Trinajstić information content (AvgIpc) is 2.34. The highest BCUT2D eigenvalue weighted by atomic mass is 32.1. The third kappa shape index (κ3) is 2.20. The van der Waals surface area contributed by atoms with Crippen LogP contribution in [-0.4, -0.2) is 17.0 Å². The summed E-state index contributed by atoms with van der Waals surface area (Å²) in [6, 6.07) is 0. The first-order valence-corrected chi connectivity index (χ1v) is 4.33. The fourth-order valence-corrected chi connectivity index (χ4v) is 1.37. The summed E-state index contributed by atoms with van der Waals surface area (Å²) in [4.78, 5) is 14.9. The molecule has 0 atom stereocenters. The van der Waals surface area contributed by atoms with Crippen LogP contribution in [0.25, 0.3) is 0 Å². The molecule has 2 N–H and O–H groups in total. The monoisotopic (exact) mass is 186 g/mol. The van der Waals surface area contributed by atoms with Crippen LogP contribution >= 0.6 is 11.3 Å². The van der Waals surface area contributed by atoms with E-state index in [4.69, 9.17) is 10.5 Å². The molecule has 1 aromatic rings. The number of amides is 1. The van der Waals surface area contributed by atoms with Gasteiger partial charge in [0.15, 0.2) is 0 Å². The molecular formula is C7H10N2O2S. The minimum Gasteiger partial charge on any atom is -0.467 e. The van der Waals surface area contributed by atoms with Crippen molar-refractivity contribution in [3.05, 3.63) is 11.1 Å². The summed E-state index contributed by atoms with van der Waals surface area (Å²) in [5.41, 5.74) is 5.03. The first-order valence-electron chi connectivity index (χ1n) is 3.52. The van der Waals surface area contributed by atoms with E-state index in [1.807, 2.05) is 13.8 Å². The van der Waals surface area contributed by atoms with E-state index < -0.39 is 5.91 Å². The summed E-state index contributed by atoms with van der Waals surface area (Å²) in [6.07, 6.45) is 1.49. The van der Waals surface area contributed by atoms with Gasteiger partial charge in [-0.3, -0.25) is 4.79 Å². The van der Waals surface area contributed by atoms with Crippen molar-refractivity contribution in [1.29, 1.82) is 0 Å². The molecule has 66 valence electrons. The van der Waals surface area contributed by atoms with Gasteiger partial charge in [-0.2, -0.15) is 0 Å². The maximum atomic E-state index is 10.6. The van der Waals surface area contributed by atoms with Crippen molar-refractivity contribution in [2.24, 2.45) is 5.73 Å². The minimum absolute atomic E-state index is 0.0666. The van der Waals surface area contributed by atoms with Crippen LogP contribution in [0.1, 0.15) is 23.5 Å². The zero-order valence-corrected chi connectivity index (χ0v) is 7.72. The van der Waals surface area contributed by atoms with Crippen LogP contribution in [-0.2, 0) is 0 Å². The number of hydrogen-bond acceptors (Lipinski definition) is 4. The molecule has 1 rings (SSSR count). The fourth-order valence-electron chi connectivity index (χ4n) is 0.628. The molecule has 0 aliphatic rings. The second kappa shape index (κ2) is 3.53. The first-order chi connectivity index (χ1) is 5.59. The summed E-state index contributed by atoms with van der Waals surface area (Å²) < 4.78 is 5.24. The topological polar surface area (TPSA) is 65.2 Å². The van der Waals surface area contributed by atoms with Crippen molar-refractivity contribution in [3.8, 4) is 5.19 Å². The van der Waals surface area contributed by atoms with Gasteiger partial charge in [-0.15, -0.1) is 0 Å². The largest absolute Gasteiger partial charge is 0.467 e. The maximum absolute atomic E-state index is 10.6. The molecule has 0 radical (unpaired) electrons. The summed E-state index contributed by atoms with van der Waals surface area (Å²) in [6.45, 7) is 3.79. The van der Waals surface area contributed by atoms with Gasteiger partial charge in [0, 0.05) is 0 Å². The lowest BCUT2D eigenvalue weighted by Gasteiger charge is -2.03. The summed E-state index contributed by atoms with van der Waals surface area (Å²) in [7, 11) is 0. The van der Waals surface area contributed by atoms with Gasteiger partial charge >= 0.3 is 0 Å². The van der Waals surface area contributed by atoms with Crippen LogP contribution in [0.2, 0.25) is 0 Å². The van der Waals surface area contributed by atoms with Gasteiger partial charge < -0.3 is 10.5 Å². The van der Waals surface area contributed by atoms with E-state index in [-0.39, 0.29) is 6.10 Å². The Morgan fingerprint density at radius 3 is 2.83 bits per heavy atom. The number of ether oxygens (including phenoxy) is 1. The predicted molar refractivity (Wildman–Crippen MR) is 46.4 cm³/mol. The smallest absolute Gasteiger partial charge is 0.274 e. The van der Waals surface area contributed by atoms with Crippen LogP contribution in [0.15, 0.2) is 6.20 Å². The van der Waals surface area contributed by atoms with Crippen molar-refractivity contribution >= 4 is 17.2 Å². The number of carbonyl (C=O) groups excluding carboxylic acids is 1. The Bertz CT molecular complexity index is 283. The molecule has 0 spiro atoms. The Morgan fingerprint density at radius 2 is 2.42 bits per heavy atom. The van der Waals surface area contributed by atoms with Gasteiger partial charge in [-0.25, -0.2) is 4.98 Å². The summed E-state index contributed by atoms with van der Waals surface area (Å²) >= 11 is 1.16. The predicted octanol–water partition coefficient (Wildman–Crippen LogP) is 1.03. The Morgan fingerprint density at radius 1 is 1.75 bits per heavy atom. The average molecular weight is 186 g/mol. The zero-order chi connectivity index (χ0) is 9.14. The number of aromatic nitrogens is 1. The number of carbonyl (C=O) groups is 1. The highest BCUT2D eigenvalue weighted by molar-refractivity contribution is 7.15. The number of hydrogen-bond donors (Lipinski definition) is 1. The van der Waals surface area contributed by atoms with Crippen molar-refractivity contribution in [2.45, 2.75) is 20.0 Å². The van der Waals surface area contributed by atoms with Crippen molar-refractivity contribution < 1.29 is 9.53 Å². The zero-order valence-electron chi connectivity index (χ0n) is 6.90. The molecule has 1 heterocycles. The third-order valence-electron chi connectivity index (χ3n) is 1.06. The second-order valence-corrected chi connectivity index (χ2v) is 3.51. The van der Waals surface area contributed by atoms with Crippen molar-refractivity contribution in [1.82, 2.24) is 4.98 Å². The van der Waals surface area contributed by atoms with Gasteiger partial charge in [-0.05, 0) is 13.8 Å². The van der Waals surface area contributed by atoms with E-state index in [2.05, 4.69) is 4.98 Å². The van der Waals surface area contributed by atoms with Crippen molar-refractivity contribution in [2.75, 3.05) is 0 Å². The number of nitrogens with two attached hydrogens (primary N) is 1. The Balaban J connectivity index is 2.71. The van der Waals surface area contributed by atoms with Gasteiger partial charge in [0.05, 0.1) is 12.3 Å². The lowest BCUT2D eigenvalue weighted by molar-refractivity contribution is 0.100. The molecule has 0 saturated heterocycles. The van der Waals surface area contributed by atoms with E-state index in [0.717, 1.165) is 11.3 Å². The van der Waals surface area contributed by atoms with Gasteiger partial charge in [0.2, 0.25) is 0 Å². The van der Waals surface area contributed by atoms with Crippen LogP contribution in [0.4, 0.5) is 0 Å². The van der Waals surface area contributed by atoms with E-state index in [1.54, 1.807) is 0 Å². The SMILES string of the molecule is CC(C)Oc1ncc(C(N)=O)s1. The lowest BCUT2D eigenvalue weighted by Crippen LogP contribution is -2.08. The standard InChI is InChI=1S/C7H10N2O2S/c1-4(2)11-7-9-3-5(12-7)6(8)10/h3-4H,1-2H3,(H2,8,10). The molecule has 0 unspecified atom stereocenters. The molecule has 4 nitrogen and oxygen atoms in total. The minimum atomic E-state index is -0.467. The van der Waals surface area contributed by atoms with Gasteiger partial charge in [0.1, 0.15) is 4.88 Å². The van der Waals surface area contributed by atoms with E-state index in [0.29, 0.717) is 10.1 Å². The molecule has 0 saturated carbocycles. The fraction of sp³-hybridized carbons (Fsp3) is 0.429. The maximum Gasteiger partial charge on any atom is 0.274 e. The van der Waals surface area contributed by atoms with E-state index in [9.17, 15) is 4.79 Å². The van der Waals surface area contributed by atoms with Crippen LogP contribution < -0.4 is 10.5 Å². The quantitative estimate of drug-likeness (QED) is 0.766. The molecule has 0 aromatic carbocycles. The molecule has 1 amide bonds. The van der Waals surface area contributed by atoms with Crippen LogP contribution in [0, 0.1) is 0 Å². The number of primary amides is 1. The lowest BCUT2D eigenvalue weighted by atomic mass is 10.5. The highest BCUT2D eigenvalue weighted by Crippen LogP contribution is 2.20. The number of rotatable bonds is 3. The molecular weight excluding hydrogens is 176 g/mol. The Labute approximate surface area is 74.4 Å². The molecule has 0 aliphatic carbocycles. The third-order valence-corrected chi connectivity index (χ3v) is 1.97. The number of nitrogens with zero attached hydrogens (tertiary/aromatic N) is 1. The molecule has 5 heteroatoms. The molecule has 0 bridgehead atoms. The normalized spacial score (nSPS) is 10.2. The highest BCUT2D eigenvalue weighted by Gasteiger charge is 2.07. The Kier molecular flexibility index (Phi) is 2.65. The van der Waals surface area contributed by atoms with Crippen LogP contribution in [0.3, 0.4) is 0 Å². The van der Waals surface area contributed by atoms with Gasteiger partial charge in [-0.1, -0.05) is 11.3 Å². The summed E-state index contributed by atoms with van der Waals surface area (Å²) in [5.74, 6) is -0.467. The molecule has 12 heavy (non-hydrogen) atoms. The summed E-state index contributed by atoms with van der Waals surface area (Å²) in [5, 5.41) is 0.485. The molecule has 0 fully saturated rings. The Hall–Kier alpha value is -1.10. The van der Waals surface area contributed by atoms with E-state index in [1.165, 1.54) is 6.20 Å². The van der Waals surface area contributed by atoms with Gasteiger partial charge in [0.25, 0.3) is 11.1 Å². The first kappa shape index (κ1) is 8.99. The molecule has 0 aliphatic heterocycles. The van der Waals surface area contributed by atoms with E-state index >= 15 is 0 Å². The molecule has 1 aromatic heterocycles.